The molecule has 1 atom stereocenters. The molecule has 0 aliphatic heterocycles. The van der Waals surface area contributed by atoms with Crippen molar-refractivity contribution in [3.8, 4) is 0 Å². The van der Waals surface area contributed by atoms with Crippen molar-refractivity contribution in [2.75, 3.05) is 0 Å². The molecule has 0 spiro atoms. The molecule has 0 aliphatic rings. The van der Waals surface area contributed by atoms with Crippen molar-refractivity contribution in [1.82, 2.24) is 0 Å². The van der Waals surface area contributed by atoms with Gasteiger partial charge in [0.05, 0.1) is 6.10 Å². The zero-order valence-electron chi connectivity index (χ0n) is 10.9. The van der Waals surface area contributed by atoms with Crippen LogP contribution in [0.25, 0.3) is 0 Å². The molecule has 0 heterocycles. The van der Waals surface area contributed by atoms with E-state index in [1.807, 2.05) is 6.92 Å². The van der Waals surface area contributed by atoms with Gasteiger partial charge in [-0.1, -0.05) is 31.2 Å². The second-order valence-electron chi connectivity index (χ2n) is 4.59. The van der Waals surface area contributed by atoms with Gasteiger partial charge in [0.1, 0.15) is 0 Å². The van der Waals surface area contributed by atoms with Crippen molar-refractivity contribution in [1.29, 1.82) is 0 Å². The van der Waals surface area contributed by atoms with Crippen LogP contribution >= 0.6 is 0 Å². The predicted octanol–water partition coefficient (Wildman–Crippen LogP) is 4.51. The van der Waals surface area contributed by atoms with Crippen LogP contribution in [-0.2, 0) is 6.42 Å². The highest BCUT2D eigenvalue weighted by Crippen LogP contribution is 2.49. The van der Waals surface area contributed by atoms with Gasteiger partial charge in [0.25, 0.3) is 0 Å². The summed E-state index contributed by atoms with van der Waals surface area (Å²) in [4.78, 5) is 0. The number of rotatable bonds is 5. The van der Waals surface area contributed by atoms with E-state index in [2.05, 4.69) is 0 Å². The maximum Gasteiger partial charge on any atom is 0.459 e. The molecule has 1 rings (SSSR count). The molecule has 1 unspecified atom stereocenters. The number of halogens is 7. The smallest absolute Gasteiger partial charge is 0.388 e. The third kappa shape index (κ3) is 3.66. The van der Waals surface area contributed by atoms with E-state index < -0.39 is 30.5 Å². The minimum atomic E-state index is -6.39. The molecule has 0 aliphatic carbocycles. The van der Waals surface area contributed by atoms with E-state index in [9.17, 15) is 35.8 Å². The van der Waals surface area contributed by atoms with E-state index in [1.54, 1.807) is 0 Å². The molecule has 1 nitrogen and oxygen atoms in total. The molecule has 1 aromatic rings. The zero-order valence-corrected chi connectivity index (χ0v) is 10.9. The van der Waals surface area contributed by atoms with Crippen LogP contribution in [0.2, 0.25) is 0 Å². The van der Waals surface area contributed by atoms with Crippen LogP contribution in [0.15, 0.2) is 24.3 Å². The lowest BCUT2D eigenvalue weighted by atomic mass is 9.97. The Hall–Kier alpha value is -1.31. The van der Waals surface area contributed by atoms with Crippen molar-refractivity contribution >= 4 is 0 Å². The monoisotopic (exact) mass is 318 g/mol. The lowest BCUT2D eigenvalue weighted by molar-refractivity contribution is -0.358. The highest BCUT2D eigenvalue weighted by atomic mass is 19.4. The Morgan fingerprint density at radius 2 is 1.43 bits per heavy atom. The van der Waals surface area contributed by atoms with Crippen molar-refractivity contribution in [3.63, 3.8) is 0 Å². The summed E-state index contributed by atoms with van der Waals surface area (Å²) in [5.41, 5.74) is 0.656. The molecule has 120 valence electrons. The fourth-order valence-electron chi connectivity index (χ4n) is 1.67. The normalized spacial score (nSPS) is 15.1. The maximum atomic E-state index is 13.1. The first-order valence-corrected chi connectivity index (χ1v) is 6.01. The van der Waals surface area contributed by atoms with Crippen LogP contribution in [0.3, 0.4) is 0 Å². The summed E-state index contributed by atoms with van der Waals surface area (Å²) in [5, 5.41) is 9.47. The van der Waals surface area contributed by atoms with Crippen molar-refractivity contribution < 1.29 is 35.8 Å². The van der Waals surface area contributed by atoms with Gasteiger partial charge in [0.2, 0.25) is 0 Å². The quantitative estimate of drug-likeness (QED) is 0.792. The maximum absolute atomic E-state index is 13.1. The highest BCUT2D eigenvalue weighted by molar-refractivity contribution is 5.24. The van der Waals surface area contributed by atoms with Crippen LogP contribution in [0.1, 0.15) is 30.6 Å². The number of aliphatic hydroxyl groups excluding tert-OH is 1. The van der Waals surface area contributed by atoms with Crippen LogP contribution < -0.4 is 0 Å². The molecule has 0 saturated heterocycles. The van der Waals surface area contributed by atoms with Gasteiger partial charge in [-0.3, -0.25) is 0 Å². The molecule has 1 N–H and O–H groups in total. The van der Waals surface area contributed by atoms with E-state index >= 15 is 0 Å². The molecule has 0 radical (unpaired) electrons. The van der Waals surface area contributed by atoms with Crippen LogP contribution in [0, 0.1) is 0 Å². The Bertz CT molecular complexity index is 464. The predicted molar refractivity (Wildman–Crippen MR) is 61.3 cm³/mol. The largest absolute Gasteiger partial charge is 0.459 e. The summed E-state index contributed by atoms with van der Waals surface area (Å²) in [6.45, 7) is 1.81. The molecule has 0 aromatic heterocycles. The Kier molecular flexibility index (Phi) is 4.92. The zero-order chi connectivity index (χ0) is 16.5. The lowest BCUT2D eigenvalue weighted by Gasteiger charge is -2.29. The summed E-state index contributed by atoms with van der Waals surface area (Å²) in [7, 11) is 0. The SMILES string of the molecule is CCc1ccc(C(O)CC(F)(F)C(F)(F)C(F)(F)F)cc1. The Morgan fingerprint density at radius 1 is 0.952 bits per heavy atom. The highest BCUT2D eigenvalue weighted by Gasteiger charge is 2.72. The Labute approximate surface area is 116 Å². The summed E-state index contributed by atoms with van der Waals surface area (Å²) in [6.07, 6.45) is -9.91. The fraction of sp³-hybridized carbons (Fsp3) is 0.538. The van der Waals surface area contributed by atoms with Gasteiger partial charge in [0.15, 0.2) is 0 Å². The van der Waals surface area contributed by atoms with E-state index in [1.165, 1.54) is 24.3 Å². The van der Waals surface area contributed by atoms with E-state index in [4.69, 9.17) is 0 Å². The molecule has 1 aromatic carbocycles. The molecular weight excluding hydrogens is 305 g/mol. The average Bonchev–Trinajstić information content (AvgIpc) is 2.36. The Balaban J connectivity index is 2.92. The van der Waals surface area contributed by atoms with E-state index in [0.29, 0.717) is 6.42 Å². The number of hydrogen-bond acceptors (Lipinski definition) is 1. The van der Waals surface area contributed by atoms with Crippen molar-refractivity contribution in [2.24, 2.45) is 0 Å². The molecule has 0 fully saturated rings. The number of aliphatic hydroxyl groups is 1. The fourth-order valence-corrected chi connectivity index (χ4v) is 1.67. The Morgan fingerprint density at radius 3 is 1.81 bits per heavy atom. The standard InChI is InChI=1S/C13H13F7O/c1-2-8-3-5-9(6-4-8)10(21)7-11(14,15)12(16,17)13(18,19)20/h3-6,10,21H,2,7H2,1H3. The number of aryl methyl sites for hydroxylation is 1. The first kappa shape index (κ1) is 17.7. The van der Waals surface area contributed by atoms with E-state index in [-0.39, 0.29) is 5.56 Å². The van der Waals surface area contributed by atoms with Crippen LogP contribution in [0.5, 0.6) is 0 Å². The summed E-state index contributed by atoms with van der Waals surface area (Å²) < 4.78 is 87.6. The molecule has 0 saturated carbocycles. The third-order valence-electron chi connectivity index (χ3n) is 3.04. The van der Waals surface area contributed by atoms with E-state index in [0.717, 1.165) is 5.56 Å². The third-order valence-corrected chi connectivity index (χ3v) is 3.04. The minimum Gasteiger partial charge on any atom is -0.388 e. The molecule has 0 bridgehead atoms. The number of hydrogen-bond donors (Lipinski definition) is 1. The average molecular weight is 318 g/mol. The lowest BCUT2D eigenvalue weighted by Crippen LogP contribution is -2.52. The van der Waals surface area contributed by atoms with Crippen LogP contribution in [-0.4, -0.2) is 23.1 Å². The van der Waals surface area contributed by atoms with Gasteiger partial charge >= 0.3 is 18.0 Å². The molecular formula is C13H13F7O. The summed E-state index contributed by atoms with van der Waals surface area (Å²) in [5.74, 6) is -11.6. The van der Waals surface area contributed by atoms with Crippen molar-refractivity contribution in [2.45, 2.75) is 43.9 Å². The second-order valence-corrected chi connectivity index (χ2v) is 4.59. The van der Waals surface area contributed by atoms with Gasteiger partial charge in [-0.2, -0.15) is 30.7 Å². The topological polar surface area (TPSA) is 20.2 Å². The molecule has 0 amide bonds. The molecule has 21 heavy (non-hydrogen) atoms. The van der Waals surface area contributed by atoms with Gasteiger partial charge in [-0.25, -0.2) is 0 Å². The number of alkyl halides is 7. The van der Waals surface area contributed by atoms with Gasteiger partial charge in [-0.15, -0.1) is 0 Å². The van der Waals surface area contributed by atoms with Crippen molar-refractivity contribution in [3.05, 3.63) is 35.4 Å². The number of benzene rings is 1. The second kappa shape index (κ2) is 5.82. The first-order valence-electron chi connectivity index (χ1n) is 6.01. The first-order chi connectivity index (χ1) is 9.42. The van der Waals surface area contributed by atoms with Gasteiger partial charge in [-0.05, 0) is 17.5 Å². The summed E-state index contributed by atoms with van der Waals surface area (Å²) in [6, 6.07) is 5.37. The molecule has 8 heteroatoms. The van der Waals surface area contributed by atoms with Gasteiger partial charge in [0, 0.05) is 6.42 Å². The summed E-state index contributed by atoms with van der Waals surface area (Å²) >= 11 is 0. The van der Waals surface area contributed by atoms with Crippen LogP contribution in [0.4, 0.5) is 30.7 Å². The van der Waals surface area contributed by atoms with Gasteiger partial charge < -0.3 is 5.11 Å². The minimum absolute atomic E-state index is 0.148.